The third-order valence-electron chi connectivity index (χ3n) is 3.60. The van der Waals surface area contributed by atoms with E-state index in [1.807, 2.05) is 0 Å². The van der Waals surface area contributed by atoms with Gasteiger partial charge in [0.15, 0.2) is 0 Å². The first-order valence-electron chi connectivity index (χ1n) is 6.73. The van der Waals surface area contributed by atoms with E-state index >= 15 is 0 Å². The quantitative estimate of drug-likeness (QED) is 0.726. The molecule has 0 aromatic rings. The number of allylic oxidation sites excluding steroid dienone is 1. The van der Waals surface area contributed by atoms with E-state index in [9.17, 15) is 9.59 Å². The molecule has 5 heteroatoms. The molecule has 108 valence electrons. The molecule has 1 aliphatic rings. The molecule has 0 saturated heterocycles. The molecule has 0 saturated carbocycles. The van der Waals surface area contributed by atoms with Gasteiger partial charge in [-0.25, -0.2) is 4.79 Å². The normalized spacial score (nSPS) is 15.0. The van der Waals surface area contributed by atoms with Crippen molar-refractivity contribution in [3.63, 3.8) is 0 Å². The molecular weight excluding hydrogens is 244 g/mol. The summed E-state index contributed by atoms with van der Waals surface area (Å²) < 4.78 is 0. The fourth-order valence-electron chi connectivity index (χ4n) is 2.20. The van der Waals surface area contributed by atoms with Crippen LogP contribution in [0.15, 0.2) is 11.6 Å². The highest BCUT2D eigenvalue weighted by atomic mass is 16.4. The van der Waals surface area contributed by atoms with Crippen LogP contribution in [0.5, 0.6) is 0 Å². The third-order valence-corrected chi connectivity index (χ3v) is 3.60. The average molecular weight is 268 g/mol. The summed E-state index contributed by atoms with van der Waals surface area (Å²) in [6.07, 6.45) is 5.67. The van der Waals surface area contributed by atoms with Crippen LogP contribution in [0.25, 0.3) is 0 Å². The van der Waals surface area contributed by atoms with Gasteiger partial charge in [-0.15, -0.1) is 0 Å². The number of carbonyl (C=O) groups is 2. The van der Waals surface area contributed by atoms with Crippen molar-refractivity contribution < 1.29 is 14.7 Å². The second-order valence-corrected chi connectivity index (χ2v) is 5.73. The molecule has 0 spiro atoms. The van der Waals surface area contributed by atoms with Crippen molar-refractivity contribution in [1.82, 2.24) is 10.2 Å². The van der Waals surface area contributed by atoms with Crippen LogP contribution in [-0.2, 0) is 4.79 Å². The number of hydrogen-bond donors (Lipinski definition) is 2. The second kappa shape index (κ2) is 6.59. The highest BCUT2D eigenvalue weighted by Gasteiger charge is 2.26. The van der Waals surface area contributed by atoms with Crippen LogP contribution < -0.4 is 5.32 Å². The third kappa shape index (κ3) is 4.93. The van der Waals surface area contributed by atoms with Crippen LogP contribution in [0.1, 0.15) is 39.5 Å². The maximum atomic E-state index is 11.8. The summed E-state index contributed by atoms with van der Waals surface area (Å²) in [5, 5.41) is 11.5. The number of carboxylic acid groups (broad SMARTS) is 1. The summed E-state index contributed by atoms with van der Waals surface area (Å²) in [6.45, 7) is 5.06. The number of carboxylic acids is 1. The summed E-state index contributed by atoms with van der Waals surface area (Å²) in [6, 6.07) is -0.215. The fraction of sp³-hybridized carbons (Fsp3) is 0.714. The number of amides is 2. The summed E-state index contributed by atoms with van der Waals surface area (Å²) in [5.74, 6) is -0.893. The molecule has 0 atom stereocenters. The Morgan fingerprint density at radius 2 is 2.16 bits per heavy atom. The number of aliphatic carboxylic acids is 1. The first kappa shape index (κ1) is 15.5. The van der Waals surface area contributed by atoms with E-state index < -0.39 is 5.97 Å². The average Bonchev–Trinajstić information content (AvgIpc) is 2.87. The largest absolute Gasteiger partial charge is 0.481 e. The van der Waals surface area contributed by atoms with Crippen molar-refractivity contribution in [1.29, 1.82) is 0 Å². The molecule has 0 bridgehead atoms. The van der Waals surface area contributed by atoms with Gasteiger partial charge >= 0.3 is 12.0 Å². The lowest BCUT2D eigenvalue weighted by Crippen LogP contribution is -2.42. The highest BCUT2D eigenvalue weighted by Crippen LogP contribution is 2.34. The van der Waals surface area contributed by atoms with Gasteiger partial charge in [-0.1, -0.05) is 25.5 Å². The van der Waals surface area contributed by atoms with Gasteiger partial charge in [-0.05, 0) is 19.3 Å². The topological polar surface area (TPSA) is 69.6 Å². The Bertz CT molecular complexity index is 375. The van der Waals surface area contributed by atoms with E-state index in [0.29, 0.717) is 6.54 Å². The fourth-order valence-corrected chi connectivity index (χ4v) is 2.20. The van der Waals surface area contributed by atoms with E-state index in [1.54, 1.807) is 7.05 Å². The predicted octanol–water partition coefficient (Wildman–Crippen LogP) is 2.24. The molecule has 2 amide bonds. The lowest BCUT2D eigenvalue weighted by molar-refractivity contribution is -0.137. The van der Waals surface area contributed by atoms with Gasteiger partial charge in [0.25, 0.3) is 0 Å². The molecule has 0 fully saturated rings. The van der Waals surface area contributed by atoms with Crippen molar-refractivity contribution in [3.8, 4) is 0 Å². The summed E-state index contributed by atoms with van der Waals surface area (Å²) in [7, 11) is 1.61. The molecule has 0 aromatic heterocycles. The summed E-state index contributed by atoms with van der Waals surface area (Å²) >= 11 is 0. The number of hydrogen-bond acceptors (Lipinski definition) is 2. The minimum absolute atomic E-state index is 0.0280. The molecule has 0 aliphatic heterocycles. The van der Waals surface area contributed by atoms with Crippen molar-refractivity contribution in [2.45, 2.75) is 39.5 Å². The number of carbonyl (C=O) groups excluding carboxylic acids is 1. The zero-order chi connectivity index (χ0) is 14.5. The lowest BCUT2D eigenvalue weighted by Gasteiger charge is -2.28. The number of nitrogens with one attached hydrogen (secondary N) is 1. The van der Waals surface area contributed by atoms with Crippen LogP contribution in [0.3, 0.4) is 0 Å². The Labute approximate surface area is 114 Å². The molecule has 1 aliphatic carbocycles. The van der Waals surface area contributed by atoms with Gasteiger partial charge in [0.1, 0.15) is 0 Å². The molecule has 1 rings (SSSR count). The van der Waals surface area contributed by atoms with Crippen molar-refractivity contribution >= 4 is 12.0 Å². The Morgan fingerprint density at radius 1 is 1.47 bits per heavy atom. The minimum Gasteiger partial charge on any atom is -0.481 e. The maximum Gasteiger partial charge on any atom is 0.317 e. The first-order chi connectivity index (χ1) is 8.83. The number of urea groups is 1. The van der Waals surface area contributed by atoms with Crippen LogP contribution >= 0.6 is 0 Å². The van der Waals surface area contributed by atoms with Gasteiger partial charge in [-0.2, -0.15) is 0 Å². The van der Waals surface area contributed by atoms with E-state index in [2.05, 4.69) is 25.2 Å². The SMILES string of the molecule is CN(CCC(=O)O)C(=O)NCC(C)(C)C1=CCCC1. The van der Waals surface area contributed by atoms with E-state index in [4.69, 9.17) is 5.11 Å². The Kier molecular flexibility index (Phi) is 5.39. The van der Waals surface area contributed by atoms with Gasteiger partial charge in [0.05, 0.1) is 6.42 Å². The van der Waals surface area contributed by atoms with Crippen LogP contribution in [0, 0.1) is 5.41 Å². The summed E-state index contributed by atoms with van der Waals surface area (Å²) in [4.78, 5) is 23.7. The molecular formula is C14H24N2O3. The molecule has 0 heterocycles. The Hall–Kier alpha value is -1.52. The smallest absolute Gasteiger partial charge is 0.317 e. The van der Waals surface area contributed by atoms with Crippen molar-refractivity contribution in [3.05, 3.63) is 11.6 Å². The van der Waals surface area contributed by atoms with E-state index in [-0.39, 0.29) is 24.4 Å². The predicted molar refractivity (Wildman–Crippen MR) is 74.0 cm³/mol. The minimum atomic E-state index is -0.893. The molecule has 19 heavy (non-hydrogen) atoms. The van der Waals surface area contributed by atoms with Gasteiger partial charge < -0.3 is 15.3 Å². The lowest BCUT2D eigenvalue weighted by atomic mass is 9.83. The van der Waals surface area contributed by atoms with Gasteiger partial charge in [0.2, 0.25) is 0 Å². The second-order valence-electron chi connectivity index (χ2n) is 5.73. The van der Waals surface area contributed by atoms with Gasteiger partial charge in [0, 0.05) is 25.6 Å². The van der Waals surface area contributed by atoms with E-state index in [1.165, 1.54) is 16.9 Å². The monoisotopic (exact) mass is 268 g/mol. The van der Waals surface area contributed by atoms with Crippen LogP contribution in [0.4, 0.5) is 4.79 Å². The first-order valence-corrected chi connectivity index (χ1v) is 6.73. The number of rotatable bonds is 6. The zero-order valence-electron chi connectivity index (χ0n) is 12.0. The van der Waals surface area contributed by atoms with Crippen LogP contribution in [-0.4, -0.2) is 42.1 Å². The number of nitrogens with zero attached hydrogens (tertiary/aromatic N) is 1. The van der Waals surface area contributed by atoms with Crippen LogP contribution in [0.2, 0.25) is 0 Å². The molecule has 2 N–H and O–H groups in total. The molecule has 0 radical (unpaired) electrons. The highest BCUT2D eigenvalue weighted by molar-refractivity contribution is 5.75. The summed E-state index contributed by atoms with van der Waals surface area (Å²) in [5.41, 5.74) is 1.38. The molecule has 5 nitrogen and oxygen atoms in total. The van der Waals surface area contributed by atoms with Gasteiger partial charge in [-0.3, -0.25) is 4.79 Å². The molecule has 0 unspecified atom stereocenters. The van der Waals surface area contributed by atoms with Crippen molar-refractivity contribution in [2.75, 3.05) is 20.1 Å². The Morgan fingerprint density at radius 3 is 2.68 bits per heavy atom. The van der Waals surface area contributed by atoms with Crippen molar-refractivity contribution in [2.24, 2.45) is 5.41 Å². The maximum absolute atomic E-state index is 11.8. The zero-order valence-corrected chi connectivity index (χ0v) is 12.0. The van der Waals surface area contributed by atoms with E-state index in [0.717, 1.165) is 12.8 Å². The molecule has 0 aromatic carbocycles. The standard InChI is InChI=1S/C14H24N2O3/c1-14(2,11-6-4-5-7-11)10-15-13(19)16(3)9-8-12(17)18/h6H,4-5,7-10H2,1-3H3,(H,15,19)(H,17,18). The Balaban J connectivity index is 2.38.